The average molecular weight is 561 g/mol. The lowest BCUT2D eigenvalue weighted by Gasteiger charge is -2.24. The maximum atomic E-state index is 13.7. The molecule has 2 fully saturated rings. The van der Waals surface area contributed by atoms with Gasteiger partial charge < -0.3 is 9.80 Å². The summed E-state index contributed by atoms with van der Waals surface area (Å²) in [5, 5.41) is 5.72. The largest absolute Gasteiger partial charge is 0.354 e. The molecular formula is C34H33FN6O. The molecule has 0 spiro atoms. The predicted octanol–water partition coefficient (Wildman–Crippen LogP) is 5.70. The summed E-state index contributed by atoms with van der Waals surface area (Å²) >= 11 is 0. The van der Waals surface area contributed by atoms with Crippen LogP contribution in [0.15, 0.2) is 84.9 Å². The molecule has 0 bridgehead atoms. The Bertz CT molecular complexity index is 1720. The van der Waals surface area contributed by atoms with E-state index in [2.05, 4.69) is 29.2 Å². The minimum atomic E-state index is -0.294. The van der Waals surface area contributed by atoms with E-state index in [-0.39, 0.29) is 17.6 Å². The number of aromatic nitrogens is 4. The lowest BCUT2D eigenvalue weighted by Crippen LogP contribution is -2.36. The maximum absolute atomic E-state index is 13.7. The van der Waals surface area contributed by atoms with Gasteiger partial charge in [0.05, 0.1) is 16.8 Å². The molecule has 8 heteroatoms. The molecule has 7 rings (SSSR count). The number of amides is 1. The Morgan fingerprint density at radius 1 is 0.881 bits per heavy atom. The van der Waals surface area contributed by atoms with Gasteiger partial charge in [-0.05, 0) is 61.1 Å². The van der Waals surface area contributed by atoms with E-state index < -0.39 is 0 Å². The van der Waals surface area contributed by atoms with Gasteiger partial charge in [-0.2, -0.15) is 5.10 Å². The van der Waals surface area contributed by atoms with Crippen molar-refractivity contribution in [2.45, 2.75) is 32.1 Å². The summed E-state index contributed by atoms with van der Waals surface area (Å²) in [6.07, 6.45) is 2.37. The van der Waals surface area contributed by atoms with Crippen molar-refractivity contribution in [1.82, 2.24) is 24.6 Å². The van der Waals surface area contributed by atoms with Crippen molar-refractivity contribution < 1.29 is 9.18 Å². The van der Waals surface area contributed by atoms with Crippen LogP contribution in [0.4, 0.5) is 10.2 Å². The van der Waals surface area contributed by atoms with Crippen LogP contribution in [-0.2, 0) is 11.2 Å². The summed E-state index contributed by atoms with van der Waals surface area (Å²) in [5.41, 5.74) is 4.65. The number of hydrogen-bond donors (Lipinski definition) is 0. The second kappa shape index (κ2) is 11.0. The summed E-state index contributed by atoms with van der Waals surface area (Å²) in [6, 6.07) is 26.9. The third kappa shape index (κ3) is 5.13. The first-order chi connectivity index (χ1) is 20.5. The van der Waals surface area contributed by atoms with Gasteiger partial charge in [-0.25, -0.2) is 19.0 Å². The summed E-state index contributed by atoms with van der Waals surface area (Å²) < 4.78 is 15.5. The van der Waals surface area contributed by atoms with Crippen LogP contribution in [-0.4, -0.2) is 56.7 Å². The van der Waals surface area contributed by atoms with Gasteiger partial charge in [0.15, 0.2) is 5.65 Å². The quantitative estimate of drug-likeness (QED) is 0.267. The normalized spacial score (nSPS) is 18.7. The zero-order chi connectivity index (χ0) is 28.6. The molecule has 1 saturated carbocycles. The number of anilines is 1. The third-order valence-electron chi connectivity index (χ3n) is 8.45. The molecule has 2 atom stereocenters. The molecule has 0 radical (unpaired) electrons. The Morgan fingerprint density at radius 3 is 2.38 bits per heavy atom. The van der Waals surface area contributed by atoms with Crippen molar-refractivity contribution in [3.63, 3.8) is 0 Å². The van der Waals surface area contributed by atoms with E-state index in [1.54, 1.807) is 16.8 Å². The van der Waals surface area contributed by atoms with E-state index in [4.69, 9.17) is 15.1 Å². The maximum Gasteiger partial charge on any atom is 0.226 e. The smallest absolute Gasteiger partial charge is 0.226 e. The van der Waals surface area contributed by atoms with Crippen molar-refractivity contribution in [1.29, 1.82) is 0 Å². The number of hydrogen-bond acceptors (Lipinski definition) is 5. The summed E-state index contributed by atoms with van der Waals surface area (Å²) in [5.74, 6) is 1.94. The number of nitrogens with zero attached hydrogens (tertiary/aromatic N) is 6. The number of benzene rings is 3. The molecular weight excluding hydrogens is 527 g/mol. The van der Waals surface area contributed by atoms with E-state index in [0.29, 0.717) is 36.9 Å². The number of rotatable bonds is 6. The summed E-state index contributed by atoms with van der Waals surface area (Å²) in [7, 11) is 0. The molecule has 2 aliphatic rings. The van der Waals surface area contributed by atoms with Crippen LogP contribution < -0.4 is 4.90 Å². The second-order valence-corrected chi connectivity index (χ2v) is 11.3. The van der Waals surface area contributed by atoms with Gasteiger partial charge in [0.25, 0.3) is 0 Å². The Morgan fingerprint density at radius 2 is 1.62 bits per heavy atom. The zero-order valence-electron chi connectivity index (χ0n) is 23.7. The van der Waals surface area contributed by atoms with Gasteiger partial charge in [0.2, 0.25) is 5.91 Å². The standard InChI is InChI=1S/C34H33FN6O/c1-23-31-32(39-17-8-18-40(20-19-39)34(42)29-22-28(29)25-11-6-3-7-12-25)36-30(21-24-9-4-2-5-10-24)37-33(31)41(38-23)27-15-13-26(35)14-16-27/h2-7,9-16,28-29H,8,17-22H2,1H3/t28-,29+/m0/s1. The Kier molecular flexibility index (Phi) is 6.90. The van der Waals surface area contributed by atoms with Crippen molar-refractivity contribution in [2.75, 3.05) is 31.1 Å². The molecule has 3 heterocycles. The fraction of sp³-hybridized carbons (Fsp3) is 0.294. The highest BCUT2D eigenvalue weighted by atomic mass is 19.1. The molecule has 2 aromatic heterocycles. The van der Waals surface area contributed by atoms with Crippen molar-refractivity contribution in [3.05, 3.63) is 113 Å². The van der Waals surface area contributed by atoms with Crippen molar-refractivity contribution in [2.24, 2.45) is 5.92 Å². The second-order valence-electron chi connectivity index (χ2n) is 11.3. The number of halogens is 1. The lowest BCUT2D eigenvalue weighted by atomic mass is 10.1. The molecule has 0 unspecified atom stereocenters. The van der Waals surface area contributed by atoms with Gasteiger partial charge >= 0.3 is 0 Å². The van der Waals surface area contributed by atoms with E-state index in [1.165, 1.54) is 17.7 Å². The molecule has 5 aromatic rings. The Labute approximate surface area is 244 Å². The molecule has 212 valence electrons. The first-order valence-corrected chi connectivity index (χ1v) is 14.7. The van der Waals surface area contributed by atoms with Crippen LogP contribution in [0.25, 0.3) is 16.7 Å². The predicted molar refractivity (Wildman–Crippen MR) is 161 cm³/mol. The molecule has 1 saturated heterocycles. The molecule has 0 N–H and O–H groups in total. The van der Waals surface area contributed by atoms with E-state index in [0.717, 1.165) is 54.1 Å². The molecule has 7 nitrogen and oxygen atoms in total. The van der Waals surface area contributed by atoms with E-state index >= 15 is 0 Å². The molecule has 1 aliphatic carbocycles. The fourth-order valence-electron chi connectivity index (χ4n) is 6.17. The minimum Gasteiger partial charge on any atom is -0.354 e. The monoisotopic (exact) mass is 560 g/mol. The van der Waals surface area contributed by atoms with Crippen molar-refractivity contribution in [3.8, 4) is 5.69 Å². The molecule has 1 amide bonds. The first kappa shape index (κ1) is 26.3. The highest BCUT2D eigenvalue weighted by molar-refractivity contribution is 5.91. The van der Waals surface area contributed by atoms with Crippen LogP contribution in [0.3, 0.4) is 0 Å². The van der Waals surface area contributed by atoms with E-state index in [9.17, 15) is 9.18 Å². The molecule has 1 aliphatic heterocycles. The fourth-order valence-corrected chi connectivity index (χ4v) is 6.17. The molecule has 3 aromatic carbocycles. The van der Waals surface area contributed by atoms with Crippen LogP contribution in [0.5, 0.6) is 0 Å². The third-order valence-corrected chi connectivity index (χ3v) is 8.45. The number of carbonyl (C=O) groups is 1. The highest BCUT2D eigenvalue weighted by Crippen LogP contribution is 2.48. The van der Waals surface area contributed by atoms with Crippen LogP contribution >= 0.6 is 0 Å². The number of fused-ring (bicyclic) bond motifs is 1. The van der Waals surface area contributed by atoms with Crippen LogP contribution in [0.2, 0.25) is 0 Å². The van der Waals surface area contributed by atoms with Gasteiger partial charge in [0, 0.05) is 38.5 Å². The van der Waals surface area contributed by atoms with Gasteiger partial charge in [-0.15, -0.1) is 0 Å². The van der Waals surface area contributed by atoms with Gasteiger partial charge in [0.1, 0.15) is 17.5 Å². The zero-order valence-corrected chi connectivity index (χ0v) is 23.7. The van der Waals surface area contributed by atoms with Crippen LogP contribution in [0.1, 0.15) is 41.4 Å². The van der Waals surface area contributed by atoms with E-state index in [1.807, 2.05) is 48.2 Å². The van der Waals surface area contributed by atoms with Crippen LogP contribution in [0, 0.1) is 18.7 Å². The Balaban J connectivity index is 1.19. The summed E-state index contributed by atoms with van der Waals surface area (Å²) in [6.45, 7) is 4.84. The SMILES string of the molecule is Cc1nn(-c2ccc(F)cc2)c2nc(Cc3ccccc3)nc(N3CCCN(C(=O)[C@@H]4C[C@H]4c4ccccc4)CC3)c12. The minimum absolute atomic E-state index is 0.0818. The van der Waals surface area contributed by atoms with Gasteiger partial charge in [-0.3, -0.25) is 4.79 Å². The Hall–Kier alpha value is -4.59. The number of aryl methyl sites for hydroxylation is 1. The summed E-state index contributed by atoms with van der Waals surface area (Å²) in [4.78, 5) is 27.9. The number of carbonyl (C=O) groups excluding carboxylic acids is 1. The van der Waals surface area contributed by atoms with Gasteiger partial charge in [-0.1, -0.05) is 60.7 Å². The average Bonchev–Trinajstić information content (AvgIpc) is 3.80. The topological polar surface area (TPSA) is 67.2 Å². The molecule has 42 heavy (non-hydrogen) atoms. The lowest BCUT2D eigenvalue weighted by molar-refractivity contribution is -0.132. The first-order valence-electron chi connectivity index (χ1n) is 14.7. The highest BCUT2D eigenvalue weighted by Gasteiger charge is 2.45. The van der Waals surface area contributed by atoms with Crippen molar-refractivity contribution >= 4 is 22.8 Å².